The molecule has 1 aromatic heterocycles. The van der Waals surface area contributed by atoms with E-state index in [1.165, 1.54) is 0 Å². The molecule has 0 spiro atoms. The summed E-state index contributed by atoms with van der Waals surface area (Å²) in [5, 5.41) is 18.2. The molecule has 8 heteroatoms. The number of nitrogens with zero attached hydrogens (tertiary/aromatic N) is 3. The van der Waals surface area contributed by atoms with Crippen LogP contribution in [0.5, 0.6) is 0 Å². The molecular formula is C9H13N5O3. The fourth-order valence-corrected chi connectivity index (χ4v) is 0.994. The lowest BCUT2D eigenvalue weighted by Crippen LogP contribution is -2.38. The molecule has 17 heavy (non-hydrogen) atoms. The standard InChI is InChI=1S/C9H13N5O3/c1-4-5(2)13-14-9(11-4)12-8(17)6(10)3-7(15)16/h6H,3,10H2,1-2H3,(H,15,16)(H,11,12,14,17). The van der Waals surface area contributed by atoms with Crippen LogP contribution >= 0.6 is 0 Å². The summed E-state index contributed by atoms with van der Waals surface area (Å²) >= 11 is 0. The Morgan fingerprint density at radius 3 is 2.53 bits per heavy atom. The van der Waals surface area contributed by atoms with E-state index in [-0.39, 0.29) is 5.95 Å². The molecule has 1 heterocycles. The Morgan fingerprint density at radius 2 is 2.00 bits per heavy atom. The molecule has 1 aromatic rings. The lowest BCUT2D eigenvalue weighted by molar-refractivity contribution is -0.138. The van der Waals surface area contributed by atoms with E-state index in [2.05, 4.69) is 20.5 Å². The smallest absolute Gasteiger partial charge is 0.305 e. The molecule has 1 rings (SSSR count). The van der Waals surface area contributed by atoms with E-state index in [0.29, 0.717) is 11.4 Å². The summed E-state index contributed by atoms with van der Waals surface area (Å²) in [5.41, 5.74) is 6.64. The monoisotopic (exact) mass is 239 g/mol. The lowest BCUT2D eigenvalue weighted by Gasteiger charge is -2.09. The maximum Gasteiger partial charge on any atom is 0.305 e. The van der Waals surface area contributed by atoms with Crippen LogP contribution in [0.2, 0.25) is 0 Å². The second kappa shape index (κ2) is 5.30. The van der Waals surface area contributed by atoms with Crippen molar-refractivity contribution in [2.45, 2.75) is 26.3 Å². The molecule has 0 aliphatic rings. The number of carbonyl (C=O) groups is 2. The number of rotatable bonds is 4. The Balaban J connectivity index is 2.67. The minimum absolute atomic E-state index is 0.0129. The van der Waals surface area contributed by atoms with Crippen LogP contribution in [0.3, 0.4) is 0 Å². The van der Waals surface area contributed by atoms with Gasteiger partial charge in [0, 0.05) is 0 Å². The molecule has 1 amide bonds. The Morgan fingerprint density at radius 1 is 1.35 bits per heavy atom. The Labute approximate surface area is 97.3 Å². The summed E-state index contributed by atoms with van der Waals surface area (Å²) in [7, 11) is 0. The minimum atomic E-state index is -1.15. The number of carboxylic acids is 1. The van der Waals surface area contributed by atoms with Crippen LogP contribution in [0.15, 0.2) is 0 Å². The number of anilines is 1. The molecule has 0 aliphatic carbocycles. The Hall–Kier alpha value is -2.09. The van der Waals surface area contributed by atoms with Crippen LogP contribution < -0.4 is 11.1 Å². The van der Waals surface area contributed by atoms with Crippen LogP contribution in [-0.2, 0) is 9.59 Å². The van der Waals surface area contributed by atoms with E-state index in [1.807, 2.05) is 0 Å². The first-order valence-electron chi connectivity index (χ1n) is 4.86. The van der Waals surface area contributed by atoms with Gasteiger partial charge in [-0.3, -0.25) is 14.9 Å². The highest BCUT2D eigenvalue weighted by atomic mass is 16.4. The predicted molar refractivity (Wildman–Crippen MR) is 58.2 cm³/mol. The number of amides is 1. The van der Waals surface area contributed by atoms with Gasteiger partial charge in [0.1, 0.15) is 0 Å². The minimum Gasteiger partial charge on any atom is -0.481 e. The highest BCUT2D eigenvalue weighted by Crippen LogP contribution is 2.02. The fraction of sp³-hybridized carbons (Fsp3) is 0.444. The van der Waals surface area contributed by atoms with Gasteiger partial charge in [-0.05, 0) is 13.8 Å². The summed E-state index contributed by atoms with van der Waals surface area (Å²) in [6.07, 6.45) is -0.454. The van der Waals surface area contributed by atoms with E-state index < -0.39 is 24.3 Å². The van der Waals surface area contributed by atoms with Gasteiger partial charge in [0.15, 0.2) is 0 Å². The average Bonchev–Trinajstić information content (AvgIpc) is 2.22. The summed E-state index contributed by atoms with van der Waals surface area (Å²) in [4.78, 5) is 25.8. The van der Waals surface area contributed by atoms with E-state index in [9.17, 15) is 9.59 Å². The van der Waals surface area contributed by atoms with Gasteiger partial charge in [0.2, 0.25) is 11.9 Å². The molecular weight excluding hydrogens is 226 g/mol. The summed E-state index contributed by atoms with van der Waals surface area (Å²) in [6.45, 7) is 3.45. The number of hydrogen-bond donors (Lipinski definition) is 3. The van der Waals surface area contributed by atoms with Gasteiger partial charge in [-0.25, -0.2) is 4.98 Å². The second-order valence-corrected chi connectivity index (χ2v) is 3.50. The van der Waals surface area contributed by atoms with Crippen molar-refractivity contribution >= 4 is 17.8 Å². The molecule has 0 radical (unpaired) electrons. The van der Waals surface area contributed by atoms with Crippen molar-refractivity contribution in [1.29, 1.82) is 0 Å². The molecule has 1 atom stereocenters. The third kappa shape index (κ3) is 3.76. The number of aryl methyl sites for hydroxylation is 2. The molecule has 0 saturated carbocycles. The first kappa shape index (κ1) is 13.0. The SMILES string of the molecule is Cc1nnc(NC(=O)C(N)CC(=O)O)nc1C. The zero-order valence-electron chi connectivity index (χ0n) is 9.47. The van der Waals surface area contributed by atoms with Gasteiger partial charge in [0.05, 0.1) is 23.9 Å². The first-order chi connectivity index (χ1) is 7.90. The van der Waals surface area contributed by atoms with Crippen LogP contribution in [0.4, 0.5) is 5.95 Å². The molecule has 0 bridgehead atoms. The quantitative estimate of drug-likeness (QED) is 0.628. The van der Waals surface area contributed by atoms with Crippen molar-refractivity contribution in [1.82, 2.24) is 15.2 Å². The molecule has 0 aliphatic heterocycles. The number of aromatic nitrogens is 3. The number of aliphatic carboxylic acids is 1. The first-order valence-corrected chi connectivity index (χ1v) is 4.86. The maximum absolute atomic E-state index is 11.4. The molecule has 0 fully saturated rings. The molecule has 1 unspecified atom stereocenters. The number of nitrogens with one attached hydrogen (secondary N) is 1. The maximum atomic E-state index is 11.4. The van der Waals surface area contributed by atoms with E-state index >= 15 is 0 Å². The van der Waals surface area contributed by atoms with Crippen molar-refractivity contribution in [2.24, 2.45) is 5.73 Å². The highest BCUT2D eigenvalue weighted by Gasteiger charge is 2.18. The van der Waals surface area contributed by atoms with E-state index in [0.717, 1.165) is 0 Å². The Kier molecular flexibility index (Phi) is 4.05. The third-order valence-electron chi connectivity index (χ3n) is 2.06. The molecule has 8 nitrogen and oxygen atoms in total. The van der Waals surface area contributed by atoms with Crippen molar-refractivity contribution < 1.29 is 14.7 Å². The molecule has 0 aromatic carbocycles. The van der Waals surface area contributed by atoms with Crippen LogP contribution in [0, 0.1) is 13.8 Å². The number of hydrogen-bond acceptors (Lipinski definition) is 6. The van der Waals surface area contributed by atoms with Gasteiger partial charge in [0.25, 0.3) is 0 Å². The van der Waals surface area contributed by atoms with Crippen molar-refractivity contribution in [3.63, 3.8) is 0 Å². The van der Waals surface area contributed by atoms with Crippen LogP contribution in [-0.4, -0.2) is 38.2 Å². The van der Waals surface area contributed by atoms with Crippen molar-refractivity contribution in [2.75, 3.05) is 5.32 Å². The van der Waals surface area contributed by atoms with Gasteiger partial charge in [-0.2, -0.15) is 5.10 Å². The largest absolute Gasteiger partial charge is 0.481 e. The fourth-order valence-electron chi connectivity index (χ4n) is 0.994. The topological polar surface area (TPSA) is 131 Å². The number of carboxylic acid groups (broad SMARTS) is 1. The van der Waals surface area contributed by atoms with Gasteiger partial charge >= 0.3 is 5.97 Å². The lowest BCUT2D eigenvalue weighted by atomic mass is 10.2. The van der Waals surface area contributed by atoms with Gasteiger partial charge in [-0.15, -0.1) is 5.10 Å². The molecule has 92 valence electrons. The van der Waals surface area contributed by atoms with Crippen molar-refractivity contribution in [3.8, 4) is 0 Å². The van der Waals surface area contributed by atoms with Crippen LogP contribution in [0.25, 0.3) is 0 Å². The summed E-state index contributed by atoms with van der Waals surface area (Å²) in [6, 6.07) is -1.14. The molecule has 4 N–H and O–H groups in total. The van der Waals surface area contributed by atoms with Crippen molar-refractivity contribution in [3.05, 3.63) is 11.4 Å². The number of nitrogens with two attached hydrogens (primary N) is 1. The zero-order valence-corrected chi connectivity index (χ0v) is 9.47. The average molecular weight is 239 g/mol. The second-order valence-electron chi connectivity index (χ2n) is 3.50. The van der Waals surface area contributed by atoms with E-state index in [4.69, 9.17) is 10.8 Å². The van der Waals surface area contributed by atoms with Gasteiger partial charge in [-0.1, -0.05) is 0 Å². The third-order valence-corrected chi connectivity index (χ3v) is 2.06. The van der Waals surface area contributed by atoms with Crippen LogP contribution in [0.1, 0.15) is 17.8 Å². The zero-order chi connectivity index (χ0) is 13.0. The number of carbonyl (C=O) groups excluding carboxylic acids is 1. The molecule has 0 saturated heterocycles. The predicted octanol–water partition coefficient (Wildman–Crippen LogP) is -0.771. The van der Waals surface area contributed by atoms with Gasteiger partial charge < -0.3 is 10.8 Å². The normalized spacial score (nSPS) is 11.9. The summed E-state index contributed by atoms with van der Waals surface area (Å²) < 4.78 is 0. The highest BCUT2D eigenvalue weighted by molar-refractivity contribution is 5.95. The Bertz CT molecular complexity index is 448. The summed E-state index contributed by atoms with van der Waals surface area (Å²) in [5.74, 6) is -1.79. The van der Waals surface area contributed by atoms with E-state index in [1.54, 1.807) is 13.8 Å².